The van der Waals surface area contributed by atoms with Gasteiger partial charge in [-0.1, -0.05) is 54.1 Å². The van der Waals surface area contributed by atoms with Crippen LogP contribution in [-0.2, 0) is 11.3 Å². The van der Waals surface area contributed by atoms with Gasteiger partial charge in [0.1, 0.15) is 5.75 Å². The number of ether oxygens (including phenoxy) is 1. The Morgan fingerprint density at radius 2 is 1.93 bits per heavy atom. The third-order valence-corrected chi connectivity index (χ3v) is 6.05. The lowest BCUT2D eigenvalue weighted by Crippen LogP contribution is -2.49. The summed E-state index contributed by atoms with van der Waals surface area (Å²) in [5.41, 5.74) is 1.68. The minimum absolute atomic E-state index is 0.0138. The zero-order chi connectivity index (χ0) is 21.5. The van der Waals surface area contributed by atoms with Gasteiger partial charge in [-0.3, -0.25) is 0 Å². The Morgan fingerprint density at radius 3 is 2.63 bits per heavy atom. The SMILES string of the molecule is CN1CCC(N(C)C(=O)NC(COCc2ccccc2)c2cccc(O)c2Cl)CC1. The van der Waals surface area contributed by atoms with Crippen LogP contribution in [0.2, 0.25) is 5.02 Å². The standard InChI is InChI=1S/C23H30ClN3O3/c1-26-13-11-18(12-14-26)27(2)23(29)25-20(19-9-6-10-21(28)22(19)24)16-30-15-17-7-4-3-5-8-17/h3-10,18,20,28H,11-16H2,1-2H3,(H,25,29). The molecule has 2 N–H and O–H groups in total. The van der Waals surface area contributed by atoms with E-state index in [0.717, 1.165) is 31.5 Å². The zero-order valence-corrected chi connectivity index (χ0v) is 18.3. The summed E-state index contributed by atoms with van der Waals surface area (Å²) < 4.78 is 5.89. The number of halogens is 1. The number of carbonyl (C=O) groups excluding carboxylic acids is 1. The Hall–Kier alpha value is -2.28. The number of carbonyl (C=O) groups is 1. The molecule has 0 bridgehead atoms. The summed E-state index contributed by atoms with van der Waals surface area (Å²) >= 11 is 6.34. The molecular formula is C23H30ClN3O3. The summed E-state index contributed by atoms with van der Waals surface area (Å²) in [5.74, 6) is -0.0138. The van der Waals surface area contributed by atoms with Gasteiger partial charge in [0.15, 0.2) is 0 Å². The Kier molecular flexibility index (Phi) is 7.96. The number of amides is 2. The quantitative estimate of drug-likeness (QED) is 0.694. The summed E-state index contributed by atoms with van der Waals surface area (Å²) in [5, 5.41) is 13.3. The van der Waals surface area contributed by atoms with Crippen LogP contribution < -0.4 is 5.32 Å². The predicted octanol–water partition coefficient (Wildman–Crippen LogP) is 4.04. The van der Waals surface area contributed by atoms with E-state index in [4.69, 9.17) is 16.3 Å². The number of nitrogens with one attached hydrogen (secondary N) is 1. The first kappa shape index (κ1) is 22.4. The van der Waals surface area contributed by atoms with Crippen LogP contribution in [0.15, 0.2) is 48.5 Å². The van der Waals surface area contributed by atoms with Crippen LogP contribution in [0.4, 0.5) is 4.79 Å². The van der Waals surface area contributed by atoms with Crippen LogP contribution in [0.25, 0.3) is 0 Å². The fourth-order valence-corrected chi connectivity index (χ4v) is 3.94. The van der Waals surface area contributed by atoms with Gasteiger partial charge in [0, 0.05) is 13.1 Å². The normalized spacial score (nSPS) is 16.2. The van der Waals surface area contributed by atoms with E-state index < -0.39 is 6.04 Å². The van der Waals surface area contributed by atoms with Gasteiger partial charge in [0.2, 0.25) is 0 Å². The molecule has 1 heterocycles. The van der Waals surface area contributed by atoms with Gasteiger partial charge >= 0.3 is 6.03 Å². The van der Waals surface area contributed by atoms with Crippen molar-refractivity contribution in [2.75, 3.05) is 33.8 Å². The molecule has 2 aromatic carbocycles. The van der Waals surface area contributed by atoms with Crippen molar-refractivity contribution in [3.8, 4) is 5.75 Å². The van der Waals surface area contributed by atoms with Gasteiger partial charge in [-0.15, -0.1) is 0 Å². The lowest BCUT2D eigenvalue weighted by Gasteiger charge is -2.36. The first-order valence-electron chi connectivity index (χ1n) is 10.3. The van der Waals surface area contributed by atoms with E-state index in [0.29, 0.717) is 12.2 Å². The van der Waals surface area contributed by atoms with E-state index in [9.17, 15) is 9.90 Å². The number of phenolic OH excluding ortho intramolecular Hbond substituents is 1. The highest BCUT2D eigenvalue weighted by Gasteiger charge is 2.27. The molecule has 7 heteroatoms. The smallest absolute Gasteiger partial charge is 0.317 e. The van der Waals surface area contributed by atoms with E-state index >= 15 is 0 Å². The maximum absolute atomic E-state index is 13.0. The molecule has 1 unspecified atom stereocenters. The molecule has 0 aromatic heterocycles. The van der Waals surface area contributed by atoms with E-state index in [1.807, 2.05) is 37.4 Å². The third kappa shape index (κ3) is 5.88. The summed E-state index contributed by atoms with van der Waals surface area (Å²) in [7, 11) is 3.93. The lowest BCUT2D eigenvalue weighted by atomic mass is 10.0. The van der Waals surface area contributed by atoms with Gasteiger partial charge in [-0.2, -0.15) is 0 Å². The molecule has 1 fully saturated rings. The maximum atomic E-state index is 13.0. The van der Waals surface area contributed by atoms with Crippen LogP contribution in [-0.4, -0.2) is 60.8 Å². The average molecular weight is 432 g/mol. The van der Waals surface area contributed by atoms with E-state index in [2.05, 4.69) is 17.3 Å². The number of rotatable bonds is 7. The molecule has 1 aliphatic heterocycles. The molecule has 0 saturated carbocycles. The van der Waals surface area contributed by atoms with Crippen molar-refractivity contribution in [1.29, 1.82) is 0 Å². The number of urea groups is 1. The third-order valence-electron chi connectivity index (χ3n) is 5.63. The van der Waals surface area contributed by atoms with Crippen molar-refractivity contribution in [2.24, 2.45) is 0 Å². The molecule has 2 amide bonds. The molecule has 6 nitrogen and oxygen atoms in total. The van der Waals surface area contributed by atoms with E-state index in [-0.39, 0.29) is 29.5 Å². The molecule has 3 rings (SSSR count). The van der Waals surface area contributed by atoms with E-state index in [1.54, 1.807) is 17.0 Å². The number of hydrogen-bond acceptors (Lipinski definition) is 4. The molecule has 0 radical (unpaired) electrons. The number of aromatic hydroxyl groups is 1. The highest BCUT2D eigenvalue weighted by Crippen LogP contribution is 2.31. The highest BCUT2D eigenvalue weighted by atomic mass is 35.5. The van der Waals surface area contributed by atoms with Crippen LogP contribution >= 0.6 is 11.6 Å². The van der Waals surface area contributed by atoms with Crippen LogP contribution in [0, 0.1) is 0 Å². The van der Waals surface area contributed by atoms with Crippen molar-refractivity contribution >= 4 is 17.6 Å². The maximum Gasteiger partial charge on any atom is 0.317 e. The number of benzene rings is 2. The molecule has 1 aliphatic rings. The van der Waals surface area contributed by atoms with Crippen molar-refractivity contribution < 1.29 is 14.6 Å². The Balaban J connectivity index is 1.68. The van der Waals surface area contributed by atoms with Gasteiger partial charge < -0.3 is 25.0 Å². The zero-order valence-electron chi connectivity index (χ0n) is 17.6. The van der Waals surface area contributed by atoms with Gasteiger partial charge in [0.25, 0.3) is 0 Å². The minimum Gasteiger partial charge on any atom is -0.506 e. The molecule has 30 heavy (non-hydrogen) atoms. The first-order valence-corrected chi connectivity index (χ1v) is 10.6. The fourth-order valence-electron chi connectivity index (χ4n) is 3.68. The second-order valence-corrected chi connectivity index (χ2v) is 8.21. The largest absolute Gasteiger partial charge is 0.506 e. The predicted molar refractivity (Wildman–Crippen MR) is 119 cm³/mol. The lowest BCUT2D eigenvalue weighted by molar-refractivity contribution is 0.0946. The Bertz CT molecular complexity index is 826. The second kappa shape index (κ2) is 10.7. The molecule has 0 aliphatic carbocycles. The van der Waals surface area contributed by atoms with Gasteiger partial charge in [-0.25, -0.2) is 4.79 Å². The van der Waals surface area contributed by atoms with Gasteiger partial charge in [-0.05, 0) is 50.2 Å². The molecule has 2 aromatic rings. The minimum atomic E-state index is -0.477. The second-order valence-electron chi connectivity index (χ2n) is 7.83. The fraction of sp³-hybridized carbons (Fsp3) is 0.435. The number of likely N-dealkylation sites (tertiary alicyclic amines) is 1. The topological polar surface area (TPSA) is 65.0 Å². The van der Waals surface area contributed by atoms with Crippen molar-refractivity contribution in [3.63, 3.8) is 0 Å². The molecule has 162 valence electrons. The summed E-state index contributed by atoms with van der Waals surface area (Å²) in [4.78, 5) is 17.0. The van der Waals surface area contributed by atoms with Crippen molar-refractivity contribution in [3.05, 3.63) is 64.7 Å². The van der Waals surface area contributed by atoms with Crippen molar-refractivity contribution in [2.45, 2.75) is 31.5 Å². The molecule has 1 saturated heterocycles. The monoisotopic (exact) mass is 431 g/mol. The molecule has 0 spiro atoms. The summed E-state index contributed by atoms with van der Waals surface area (Å²) in [6, 6.07) is 14.4. The Morgan fingerprint density at radius 1 is 1.23 bits per heavy atom. The van der Waals surface area contributed by atoms with Crippen LogP contribution in [0.5, 0.6) is 5.75 Å². The van der Waals surface area contributed by atoms with E-state index in [1.165, 1.54) is 6.07 Å². The summed E-state index contributed by atoms with van der Waals surface area (Å²) in [6.45, 7) is 2.62. The number of phenols is 1. The van der Waals surface area contributed by atoms with Crippen molar-refractivity contribution in [1.82, 2.24) is 15.1 Å². The van der Waals surface area contributed by atoms with Crippen LogP contribution in [0.1, 0.15) is 30.0 Å². The highest BCUT2D eigenvalue weighted by molar-refractivity contribution is 6.32. The Labute approximate surface area is 183 Å². The van der Waals surface area contributed by atoms with Crippen LogP contribution in [0.3, 0.4) is 0 Å². The number of piperidine rings is 1. The molecule has 1 atom stereocenters. The number of nitrogens with zero attached hydrogens (tertiary/aromatic N) is 2. The molecular weight excluding hydrogens is 402 g/mol. The first-order chi connectivity index (χ1) is 14.5. The van der Waals surface area contributed by atoms with Gasteiger partial charge in [0.05, 0.1) is 24.3 Å². The number of hydrogen-bond donors (Lipinski definition) is 2. The summed E-state index contributed by atoms with van der Waals surface area (Å²) in [6.07, 6.45) is 1.89. The average Bonchev–Trinajstić information content (AvgIpc) is 2.76.